The summed E-state index contributed by atoms with van der Waals surface area (Å²) < 4.78 is 0. The Kier molecular flexibility index (Phi) is 9.39. The Morgan fingerprint density at radius 3 is 2.54 bits per heavy atom. The summed E-state index contributed by atoms with van der Waals surface area (Å²) >= 11 is 8.17. The summed E-state index contributed by atoms with van der Waals surface area (Å²) in [7, 11) is 0. The standard InChI is InChI=1S/C18H21ClN4O3S2/c1-12(24)27-11-16(26)20-10-4-2-3-5-15(25)21-18-23-22-17(28-18)13-6-8-14(19)9-7-13/h6-9H,2-5,10-11H2,1H3,(H,20,26)(H,21,23,25). The fourth-order valence-corrected chi connectivity index (χ4v) is 3.53. The highest BCUT2D eigenvalue weighted by atomic mass is 35.5. The van der Waals surface area contributed by atoms with Crippen molar-refractivity contribution in [3.05, 3.63) is 29.3 Å². The SMILES string of the molecule is CC(=O)SCC(=O)NCCCCCC(=O)Nc1nnc(-c2ccc(Cl)cc2)s1. The van der Waals surface area contributed by atoms with Crippen LogP contribution in [0.2, 0.25) is 5.02 Å². The minimum atomic E-state index is -0.147. The van der Waals surface area contributed by atoms with Gasteiger partial charge in [0.05, 0.1) is 5.75 Å². The number of carbonyl (C=O) groups is 3. The van der Waals surface area contributed by atoms with Crippen molar-refractivity contribution in [3.8, 4) is 10.6 Å². The molecule has 2 amide bonds. The van der Waals surface area contributed by atoms with Crippen LogP contribution in [0.5, 0.6) is 0 Å². The number of hydrogen-bond acceptors (Lipinski definition) is 7. The minimum absolute atomic E-state index is 0.0723. The van der Waals surface area contributed by atoms with Crippen LogP contribution < -0.4 is 10.6 Å². The van der Waals surface area contributed by atoms with Crippen LogP contribution in [0.4, 0.5) is 5.13 Å². The van der Waals surface area contributed by atoms with E-state index < -0.39 is 0 Å². The van der Waals surface area contributed by atoms with E-state index in [9.17, 15) is 14.4 Å². The second-order valence-electron chi connectivity index (χ2n) is 5.91. The minimum Gasteiger partial charge on any atom is -0.355 e. The van der Waals surface area contributed by atoms with Crippen molar-refractivity contribution in [2.75, 3.05) is 17.6 Å². The number of rotatable bonds is 10. The molecule has 0 saturated carbocycles. The third-order valence-corrected chi connectivity index (χ3v) is 5.52. The van der Waals surface area contributed by atoms with Crippen LogP contribution in [0.3, 0.4) is 0 Å². The molecular formula is C18H21ClN4O3S2. The molecule has 10 heteroatoms. The van der Waals surface area contributed by atoms with Crippen LogP contribution in [0.15, 0.2) is 24.3 Å². The van der Waals surface area contributed by atoms with E-state index in [0.717, 1.165) is 30.2 Å². The van der Waals surface area contributed by atoms with E-state index >= 15 is 0 Å². The van der Waals surface area contributed by atoms with Crippen molar-refractivity contribution in [1.29, 1.82) is 0 Å². The lowest BCUT2D eigenvalue weighted by Gasteiger charge is -2.04. The summed E-state index contributed by atoms with van der Waals surface area (Å²) in [4.78, 5) is 34.2. The Morgan fingerprint density at radius 2 is 1.82 bits per heavy atom. The highest BCUT2D eigenvalue weighted by Crippen LogP contribution is 2.27. The normalized spacial score (nSPS) is 10.5. The molecule has 28 heavy (non-hydrogen) atoms. The highest BCUT2D eigenvalue weighted by Gasteiger charge is 2.10. The molecule has 0 saturated heterocycles. The first-order valence-corrected chi connectivity index (χ1v) is 10.9. The van der Waals surface area contributed by atoms with Gasteiger partial charge in [-0.2, -0.15) is 0 Å². The predicted octanol–water partition coefficient (Wildman–Crippen LogP) is 3.75. The van der Waals surface area contributed by atoms with E-state index in [0.29, 0.717) is 34.5 Å². The molecule has 0 unspecified atom stereocenters. The first-order chi connectivity index (χ1) is 13.4. The van der Waals surface area contributed by atoms with Crippen LogP contribution in [-0.4, -0.2) is 39.4 Å². The maximum atomic E-state index is 12.0. The van der Waals surface area contributed by atoms with Gasteiger partial charge in [0, 0.05) is 30.5 Å². The van der Waals surface area contributed by atoms with E-state index in [4.69, 9.17) is 11.6 Å². The molecule has 1 aromatic carbocycles. The van der Waals surface area contributed by atoms with Crippen molar-refractivity contribution in [2.45, 2.75) is 32.6 Å². The number of hydrogen-bond donors (Lipinski definition) is 2. The molecule has 0 aliphatic carbocycles. The van der Waals surface area contributed by atoms with E-state index in [-0.39, 0.29) is 22.7 Å². The Morgan fingerprint density at radius 1 is 1.07 bits per heavy atom. The summed E-state index contributed by atoms with van der Waals surface area (Å²) in [5, 5.41) is 15.3. The molecule has 0 radical (unpaired) electrons. The number of unbranched alkanes of at least 4 members (excludes halogenated alkanes) is 2. The molecule has 2 aromatic rings. The van der Waals surface area contributed by atoms with E-state index in [1.807, 2.05) is 12.1 Å². The molecule has 0 aliphatic heterocycles. The number of aromatic nitrogens is 2. The average Bonchev–Trinajstić information content (AvgIpc) is 3.11. The van der Waals surface area contributed by atoms with Crippen molar-refractivity contribution < 1.29 is 14.4 Å². The van der Waals surface area contributed by atoms with Gasteiger partial charge in [0.2, 0.25) is 16.9 Å². The van der Waals surface area contributed by atoms with Crippen LogP contribution in [0.1, 0.15) is 32.6 Å². The molecule has 0 aliphatic rings. The number of benzene rings is 1. The lowest BCUT2D eigenvalue weighted by molar-refractivity contribution is -0.119. The molecule has 2 N–H and O–H groups in total. The Balaban J connectivity index is 1.61. The number of nitrogens with one attached hydrogen (secondary N) is 2. The topological polar surface area (TPSA) is 101 Å². The van der Waals surface area contributed by atoms with Gasteiger partial charge in [0.15, 0.2) is 5.12 Å². The Labute approximate surface area is 176 Å². The molecule has 0 fully saturated rings. The van der Waals surface area contributed by atoms with Gasteiger partial charge in [-0.05, 0) is 25.0 Å². The third kappa shape index (κ3) is 8.37. The fourth-order valence-electron chi connectivity index (χ4n) is 2.20. The molecule has 0 bridgehead atoms. The number of thioether (sulfide) groups is 1. The summed E-state index contributed by atoms with van der Waals surface area (Å²) in [6, 6.07) is 7.26. The van der Waals surface area contributed by atoms with E-state index in [1.54, 1.807) is 12.1 Å². The number of carbonyl (C=O) groups excluding carboxylic acids is 3. The number of nitrogens with zero attached hydrogens (tertiary/aromatic N) is 2. The van der Waals surface area contributed by atoms with Gasteiger partial charge in [-0.15, -0.1) is 10.2 Å². The van der Waals surface area contributed by atoms with E-state index in [2.05, 4.69) is 20.8 Å². The number of amides is 2. The second-order valence-corrected chi connectivity index (χ2v) is 8.47. The van der Waals surface area contributed by atoms with Gasteiger partial charge >= 0.3 is 0 Å². The molecule has 1 heterocycles. The maximum absolute atomic E-state index is 12.0. The Bertz CT molecular complexity index is 811. The lowest BCUT2D eigenvalue weighted by atomic mass is 10.2. The van der Waals surface area contributed by atoms with Gasteiger partial charge in [0.1, 0.15) is 5.01 Å². The maximum Gasteiger partial charge on any atom is 0.230 e. The monoisotopic (exact) mass is 440 g/mol. The second kappa shape index (κ2) is 11.8. The van der Waals surface area contributed by atoms with Crippen LogP contribution >= 0.6 is 34.7 Å². The zero-order valence-corrected chi connectivity index (χ0v) is 17.8. The molecule has 150 valence electrons. The zero-order chi connectivity index (χ0) is 20.4. The van der Waals surface area contributed by atoms with Gasteiger partial charge in [-0.25, -0.2) is 0 Å². The highest BCUT2D eigenvalue weighted by molar-refractivity contribution is 8.14. The molecular weight excluding hydrogens is 420 g/mol. The first-order valence-electron chi connectivity index (χ1n) is 8.73. The van der Waals surface area contributed by atoms with E-state index in [1.165, 1.54) is 18.3 Å². The van der Waals surface area contributed by atoms with Gasteiger partial charge in [0.25, 0.3) is 0 Å². The van der Waals surface area contributed by atoms with Crippen molar-refractivity contribution in [3.63, 3.8) is 0 Å². The third-order valence-electron chi connectivity index (χ3n) is 3.57. The largest absolute Gasteiger partial charge is 0.355 e. The smallest absolute Gasteiger partial charge is 0.230 e. The summed E-state index contributed by atoms with van der Waals surface area (Å²) in [6.07, 6.45) is 2.69. The first kappa shape index (κ1) is 22.3. The molecule has 2 rings (SSSR count). The fraction of sp³-hybridized carbons (Fsp3) is 0.389. The molecule has 0 spiro atoms. The summed E-state index contributed by atoms with van der Waals surface area (Å²) in [5.74, 6) is -0.108. The van der Waals surface area contributed by atoms with Crippen molar-refractivity contribution >= 4 is 56.8 Å². The lowest BCUT2D eigenvalue weighted by Crippen LogP contribution is -2.26. The van der Waals surface area contributed by atoms with Gasteiger partial charge in [-0.3, -0.25) is 14.4 Å². The molecule has 0 atom stereocenters. The van der Waals surface area contributed by atoms with Crippen molar-refractivity contribution in [2.24, 2.45) is 0 Å². The summed E-state index contributed by atoms with van der Waals surface area (Å²) in [6.45, 7) is 1.98. The number of halogens is 1. The number of anilines is 1. The zero-order valence-electron chi connectivity index (χ0n) is 15.4. The van der Waals surface area contributed by atoms with Crippen LogP contribution in [-0.2, 0) is 14.4 Å². The van der Waals surface area contributed by atoms with Crippen molar-refractivity contribution in [1.82, 2.24) is 15.5 Å². The Hall–Kier alpha value is -1.97. The van der Waals surface area contributed by atoms with Gasteiger partial charge < -0.3 is 10.6 Å². The van der Waals surface area contributed by atoms with Crippen LogP contribution in [0.25, 0.3) is 10.6 Å². The van der Waals surface area contributed by atoms with Crippen LogP contribution in [0, 0.1) is 0 Å². The molecule has 7 nitrogen and oxygen atoms in total. The van der Waals surface area contributed by atoms with Gasteiger partial charge in [-0.1, -0.05) is 53.3 Å². The quantitative estimate of drug-likeness (QED) is 0.545. The average molecular weight is 441 g/mol. The molecule has 1 aromatic heterocycles. The summed E-state index contributed by atoms with van der Waals surface area (Å²) in [5.41, 5.74) is 0.895. The predicted molar refractivity (Wildman–Crippen MR) is 114 cm³/mol.